The molecule has 2 aromatic carbocycles. The van der Waals surface area contributed by atoms with Gasteiger partial charge in [0.05, 0.1) is 23.7 Å². The lowest BCUT2D eigenvalue weighted by molar-refractivity contribution is -0.122. The van der Waals surface area contributed by atoms with E-state index < -0.39 is 0 Å². The minimum absolute atomic E-state index is 0.0375. The molecule has 0 saturated heterocycles. The highest BCUT2D eigenvalue weighted by Crippen LogP contribution is 2.27. The predicted molar refractivity (Wildman–Crippen MR) is 133 cm³/mol. The number of carbonyl (C=O) groups excluding carboxylic acids is 1. The molecule has 0 atom stereocenters. The van der Waals surface area contributed by atoms with Crippen LogP contribution in [0.5, 0.6) is 5.88 Å². The Morgan fingerprint density at radius 3 is 2.46 bits per heavy atom. The van der Waals surface area contributed by atoms with Crippen molar-refractivity contribution in [3.05, 3.63) is 76.7 Å². The molecular weight excluding hydrogens is 450 g/mol. The first-order chi connectivity index (χ1) is 16.8. The lowest BCUT2D eigenvalue weighted by atomic mass is 10.0. The maximum atomic E-state index is 13.3. The number of methoxy groups -OCH3 is 1. The Hall–Kier alpha value is -4.73. The van der Waals surface area contributed by atoms with Crippen molar-refractivity contribution in [1.82, 2.24) is 19.9 Å². The molecule has 180 valence electrons. The number of aromatic nitrogens is 3. The van der Waals surface area contributed by atoms with Crippen molar-refractivity contribution in [2.45, 2.75) is 19.9 Å². The summed E-state index contributed by atoms with van der Waals surface area (Å²) in [6.07, 6.45) is 1.60. The Labute approximate surface area is 201 Å². The predicted octanol–water partition coefficient (Wildman–Crippen LogP) is 2.88. The number of nitrogen functional groups attached to an aromatic ring is 1. The van der Waals surface area contributed by atoms with Crippen LogP contribution in [0.4, 0.5) is 5.95 Å². The normalized spacial score (nSPS) is 10.4. The molecule has 0 aliphatic carbocycles. The van der Waals surface area contributed by atoms with Gasteiger partial charge in [-0.1, -0.05) is 24.3 Å². The number of hydrogen-bond acceptors (Lipinski definition) is 7. The van der Waals surface area contributed by atoms with Crippen molar-refractivity contribution in [1.29, 1.82) is 0 Å². The monoisotopic (exact) mass is 475 g/mol. The van der Waals surface area contributed by atoms with E-state index in [1.54, 1.807) is 36.5 Å². The van der Waals surface area contributed by atoms with Crippen molar-refractivity contribution < 1.29 is 19.4 Å². The van der Waals surface area contributed by atoms with Crippen LogP contribution in [0.2, 0.25) is 0 Å². The first-order valence-corrected chi connectivity index (χ1v) is 10.6. The van der Waals surface area contributed by atoms with Crippen molar-refractivity contribution >= 4 is 29.2 Å². The number of rotatable bonds is 5. The molecule has 4 aromatic rings. The van der Waals surface area contributed by atoms with Gasteiger partial charge in [0.25, 0.3) is 17.9 Å². The van der Waals surface area contributed by atoms with E-state index in [-0.39, 0.29) is 35.8 Å². The van der Waals surface area contributed by atoms with Gasteiger partial charge in [-0.3, -0.25) is 14.4 Å². The van der Waals surface area contributed by atoms with Crippen LogP contribution >= 0.6 is 0 Å². The van der Waals surface area contributed by atoms with E-state index in [0.29, 0.717) is 27.7 Å². The first kappa shape index (κ1) is 24.9. The summed E-state index contributed by atoms with van der Waals surface area (Å²) in [5.74, 6) is 0.0571. The molecule has 10 heteroatoms. The van der Waals surface area contributed by atoms with Gasteiger partial charge >= 0.3 is 0 Å². The fourth-order valence-electron chi connectivity index (χ4n) is 3.48. The molecule has 0 aliphatic heterocycles. The van der Waals surface area contributed by atoms with Crippen molar-refractivity contribution in [2.75, 3.05) is 12.8 Å². The van der Waals surface area contributed by atoms with Gasteiger partial charge in [0, 0.05) is 17.8 Å². The lowest BCUT2D eigenvalue weighted by Gasteiger charge is -2.13. The molecule has 0 spiro atoms. The van der Waals surface area contributed by atoms with Crippen LogP contribution in [0.15, 0.2) is 65.6 Å². The highest BCUT2D eigenvalue weighted by atomic mass is 16.5. The molecule has 1 amide bonds. The molecule has 0 saturated carbocycles. The number of carbonyl (C=O) groups is 2. The smallest absolute Gasteiger partial charge is 0.290 e. The molecule has 2 heterocycles. The Balaban J connectivity index is 0.00000108. The molecule has 0 radical (unpaired) electrons. The number of anilines is 1. The minimum Gasteiger partial charge on any atom is -0.483 e. The number of benzene rings is 2. The van der Waals surface area contributed by atoms with Crippen molar-refractivity contribution in [3.63, 3.8) is 0 Å². The van der Waals surface area contributed by atoms with Gasteiger partial charge in [-0.15, -0.1) is 0 Å². The summed E-state index contributed by atoms with van der Waals surface area (Å²) in [5.41, 5.74) is 8.62. The Morgan fingerprint density at radius 2 is 1.83 bits per heavy atom. The number of nitrogens with zero attached hydrogens (tertiary/aromatic N) is 3. The molecule has 0 unspecified atom stereocenters. The number of nitrogens with one attached hydrogen (secondary N) is 1. The average Bonchev–Trinajstić information content (AvgIpc) is 2.84. The zero-order valence-electron chi connectivity index (χ0n) is 19.4. The minimum atomic E-state index is -0.284. The summed E-state index contributed by atoms with van der Waals surface area (Å²) < 4.78 is 6.63. The maximum absolute atomic E-state index is 13.3. The Morgan fingerprint density at radius 1 is 1.14 bits per heavy atom. The van der Waals surface area contributed by atoms with Crippen molar-refractivity contribution in [2.24, 2.45) is 0 Å². The third kappa shape index (κ3) is 5.44. The lowest BCUT2D eigenvalue weighted by Crippen LogP contribution is -2.30. The van der Waals surface area contributed by atoms with E-state index in [2.05, 4.69) is 15.3 Å². The summed E-state index contributed by atoms with van der Waals surface area (Å²) in [4.78, 5) is 42.9. The summed E-state index contributed by atoms with van der Waals surface area (Å²) >= 11 is 0. The van der Waals surface area contributed by atoms with E-state index >= 15 is 0 Å². The van der Waals surface area contributed by atoms with Crippen molar-refractivity contribution in [3.8, 4) is 22.7 Å². The number of para-hydroxylation sites is 1. The number of pyridine rings is 1. The summed E-state index contributed by atoms with van der Waals surface area (Å²) in [6, 6.07) is 16.0. The highest BCUT2D eigenvalue weighted by Gasteiger charge is 2.17. The largest absolute Gasteiger partial charge is 0.483 e. The number of ether oxygens (including phenoxy) is 1. The standard InChI is InChI=1S/C24H23N5O3.CH2O2/c1-14(2)27-21(30)19-12-16(13-26-22(19)32-3)15-9-10-20-18(11-15)23(31)29(24(25)28-20)17-7-5-4-6-8-17;2-1-3/h4-14H,1-3H3,(H2,25,28)(H,27,30);1H,(H,2,3). The van der Waals surface area contributed by atoms with Gasteiger partial charge in [0.15, 0.2) is 0 Å². The second-order valence-electron chi connectivity index (χ2n) is 7.69. The average molecular weight is 476 g/mol. The van der Waals surface area contributed by atoms with Crippen LogP contribution in [-0.4, -0.2) is 45.2 Å². The summed E-state index contributed by atoms with van der Waals surface area (Å²) in [5, 5.41) is 10.1. The molecule has 0 fully saturated rings. The molecule has 0 bridgehead atoms. The quantitative estimate of drug-likeness (QED) is 0.373. The molecule has 0 aliphatic rings. The number of nitrogens with two attached hydrogens (primary N) is 1. The van der Waals surface area contributed by atoms with Gasteiger partial charge < -0.3 is 20.9 Å². The number of fused-ring (bicyclic) bond motifs is 1. The zero-order chi connectivity index (χ0) is 25.5. The fourth-order valence-corrected chi connectivity index (χ4v) is 3.48. The highest BCUT2D eigenvalue weighted by molar-refractivity contribution is 5.98. The van der Waals surface area contributed by atoms with Gasteiger partial charge in [-0.25, -0.2) is 14.5 Å². The van der Waals surface area contributed by atoms with E-state index in [1.165, 1.54) is 11.7 Å². The number of hydrogen-bond donors (Lipinski definition) is 3. The number of amides is 1. The molecular formula is C25H25N5O5. The zero-order valence-corrected chi connectivity index (χ0v) is 19.4. The molecule has 4 rings (SSSR count). The second kappa shape index (κ2) is 10.9. The van der Waals surface area contributed by atoms with E-state index in [9.17, 15) is 9.59 Å². The topological polar surface area (TPSA) is 149 Å². The second-order valence-corrected chi connectivity index (χ2v) is 7.69. The van der Waals surface area contributed by atoms with Gasteiger partial charge in [-0.2, -0.15) is 0 Å². The van der Waals surface area contributed by atoms with Crippen LogP contribution in [-0.2, 0) is 4.79 Å². The van der Waals surface area contributed by atoms with Crippen LogP contribution in [0.1, 0.15) is 24.2 Å². The first-order valence-electron chi connectivity index (χ1n) is 10.6. The van der Waals surface area contributed by atoms with E-state index in [1.807, 2.05) is 38.1 Å². The van der Waals surface area contributed by atoms with Crippen LogP contribution < -0.4 is 21.3 Å². The summed E-state index contributed by atoms with van der Waals surface area (Å²) in [7, 11) is 1.46. The Bertz CT molecular complexity index is 1420. The summed E-state index contributed by atoms with van der Waals surface area (Å²) in [6.45, 7) is 3.50. The maximum Gasteiger partial charge on any atom is 0.290 e. The third-order valence-corrected chi connectivity index (χ3v) is 4.95. The number of carboxylic acid groups (broad SMARTS) is 1. The van der Waals surface area contributed by atoms with Crippen LogP contribution in [0, 0.1) is 0 Å². The van der Waals surface area contributed by atoms with Crippen LogP contribution in [0.25, 0.3) is 27.7 Å². The SMILES string of the molecule is COc1ncc(-c2ccc3nc(N)n(-c4ccccc4)c(=O)c3c2)cc1C(=O)NC(C)C.O=CO. The van der Waals surface area contributed by atoms with Gasteiger partial charge in [0.2, 0.25) is 11.8 Å². The molecule has 10 nitrogen and oxygen atoms in total. The molecule has 2 aromatic heterocycles. The Kier molecular flexibility index (Phi) is 7.77. The van der Waals surface area contributed by atoms with E-state index in [0.717, 1.165) is 5.56 Å². The van der Waals surface area contributed by atoms with Crippen LogP contribution in [0.3, 0.4) is 0 Å². The van der Waals surface area contributed by atoms with Gasteiger partial charge in [0.1, 0.15) is 5.56 Å². The van der Waals surface area contributed by atoms with Gasteiger partial charge in [-0.05, 0) is 49.7 Å². The molecule has 35 heavy (non-hydrogen) atoms. The fraction of sp³-hybridized carbons (Fsp3) is 0.160. The molecule has 4 N–H and O–H groups in total. The third-order valence-electron chi connectivity index (χ3n) is 4.95. The van der Waals surface area contributed by atoms with E-state index in [4.69, 9.17) is 20.4 Å².